The summed E-state index contributed by atoms with van der Waals surface area (Å²) in [5.74, 6) is 7.20. The normalized spacial score (nSPS) is 9.72. The quantitative estimate of drug-likeness (QED) is 0.416. The molecule has 0 N–H and O–H groups in total. The van der Waals surface area contributed by atoms with E-state index < -0.39 is 0 Å². The fourth-order valence-corrected chi connectivity index (χ4v) is 1.78. The van der Waals surface area contributed by atoms with Gasteiger partial charge in [-0.2, -0.15) is 0 Å². The number of unbranched alkanes of at least 4 members (excludes halogenated alkanes) is 3. The molecule has 1 aromatic rings. The lowest BCUT2D eigenvalue weighted by molar-refractivity contribution is 0.305. The molecule has 0 amide bonds. The number of hydrogen-bond acceptors (Lipinski definition) is 1. The average molecular weight is 265 g/mol. The summed E-state index contributed by atoms with van der Waals surface area (Å²) in [6.07, 6.45) is 4.91. The van der Waals surface area contributed by atoms with Crippen molar-refractivity contribution < 1.29 is 4.74 Å². The van der Waals surface area contributed by atoms with E-state index in [9.17, 15) is 0 Å². The Kier molecular flexibility index (Phi) is 7.37. The van der Waals surface area contributed by atoms with Crippen LogP contribution in [0.3, 0.4) is 0 Å². The third kappa shape index (κ3) is 5.47. The third-order valence-electron chi connectivity index (χ3n) is 2.75. The zero-order valence-electron chi connectivity index (χ0n) is 11.3. The molecule has 0 aromatic heterocycles. The summed E-state index contributed by atoms with van der Waals surface area (Å²) < 4.78 is 5.72. The number of ether oxygens (including phenoxy) is 1. The first kappa shape index (κ1) is 14.9. The first-order valence-corrected chi connectivity index (χ1v) is 7.09. The van der Waals surface area contributed by atoms with Crippen LogP contribution in [0.2, 0.25) is 0 Å². The van der Waals surface area contributed by atoms with E-state index in [1.54, 1.807) is 0 Å². The fraction of sp³-hybridized carbons (Fsp3) is 0.500. The summed E-state index contributed by atoms with van der Waals surface area (Å²) in [7, 11) is 0. The van der Waals surface area contributed by atoms with Crippen molar-refractivity contribution in [2.24, 2.45) is 0 Å². The van der Waals surface area contributed by atoms with Gasteiger partial charge in [0.2, 0.25) is 0 Å². The molecule has 0 atom stereocenters. The summed E-state index contributed by atoms with van der Waals surface area (Å²) in [6.45, 7) is 5.05. The Morgan fingerprint density at radius 2 is 2.06 bits per heavy atom. The van der Waals surface area contributed by atoms with Gasteiger partial charge in [-0.05, 0) is 37.1 Å². The molecule has 0 radical (unpaired) electrons. The van der Waals surface area contributed by atoms with Gasteiger partial charge in [-0.15, -0.1) is 11.6 Å². The molecule has 1 rings (SSSR count). The molecule has 0 saturated heterocycles. The highest BCUT2D eigenvalue weighted by molar-refractivity contribution is 6.19. The van der Waals surface area contributed by atoms with Crippen molar-refractivity contribution >= 4 is 11.6 Å². The van der Waals surface area contributed by atoms with E-state index in [1.165, 1.54) is 19.3 Å². The van der Waals surface area contributed by atoms with Gasteiger partial charge in [0.1, 0.15) is 5.75 Å². The molecule has 0 aliphatic carbocycles. The van der Waals surface area contributed by atoms with Crippen molar-refractivity contribution in [1.82, 2.24) is 0 Å². The lowest BCUT2D eigenvalue weighted by atomic mass is 10.1. The predicted molar refractivity (Wildman–Crippen MR) is 78.4 cm³/mol. The van der Waals surface area contributed by atoms with E-state index >= 15 is 0 Å². The summed E-state index contributed by atoms with van der Waals surface area (Å²) in [6, 6.07) is 6.01. The first-order valence-electron chi connectivity index (χ1n) is 6.56. The summed E-state index contributed by atoms with van der Waals surface area (Å²) in [5.41, 5.74) is 2.16. The molecule has 1 nitrogen and oxygen atoms in total. The van der Waals surface area contributed by atoms with Crippen LogP contribution in [0, 0.1) is 18.8 Å². The Labute approximate surface area is 115 Å². The molecule has 0 fully saturated rings. The standard InChI is InChI=1S/C16H21ClO/c1-3-4-5-6-12-18-16-10-9-15(8-7-11-17)14(2)13-16/h9-10,13H,3-6,11-12H2,1-2H3. The third-order valence-corrected chi connectivity index (χ3v) is 2.89. The maximum absolute atomic E-state index is 5.72. The Balaban J connectivity index is 2.46. The van der Waals surface area contributed by atoms with Gasteiger partial charge in [0, 0.05) is 5.56 Å². The highest BCUT2D eigenvalue weighted by atomic mass is 35.5. The molecular formula is C16H21ClO. The van der Waals surface area contributed by atoms with Gasteiger partial charge in [-0.25, -0.2) is 0 Å². The molecule has 98 valence electrons. The van der Waals surface area contributed by atoms with Crippen LogP contribution in [0.15, 0.2) is 18.2 Å². The van der Waals surface area contributed by atoms with Gasteiger partial charge in [0.25, 0.3) is 0 Å². The van der Waals surface area contributed by atoms with Gasteiger partial charge < -0.3 is 4.74 Å². The maximum atomic E-state index is 5.72. The second-order valence-corrected chi connectivity index (χ2v) is 4.59. The van der Waals surface area contributed by atoms with Crippen molar-refractivity contribution in [3.8, 4) is 17.6 Å². The molecule has 2 heteroatoms. The van der Waals surface area contributed by atoms with E-state index in [4.69, 9.17) is 16.3 Å². The van der Waals surface area contributed by atoms with E-state index in [1.807, 2.05) is 25.1 Å². The molecule has 0 aliphatic heterocycles. The zero-order valence-corrected chi connectivity index (χ0v) is 12.0. The molecule has 18 heavy (non-hydrogen) atoms. The van der Waals surface area contributed by atoms with Crippen LogP contribution in [-0.2, 0) is 0 Å². The SMILES string of the molecule is CCCCCCOc1ccc(C#CCCl)c(C)c1. The van der Waals surface area contributed by atoms with Crippen molar-refractivity contribution in [2.45, 2.75) is 39.5 Å². The largest absolute Gasteiger partial charge is 0.494 e. The highest BCUT2D eigenvalue weighted by Gasteiger charge is 1.98. The van der Waals surface area contributed by atoms with Gasteiger partial charge in [-0.3, -0.25) is 0 Å². The van der Waals surface area contributed by atoms with Gasteiger partial charge in [0.15, 0.2) is 0 Å². The van der Waals surface area contributed by atoms with Crippen LogP contribution in [0.25, 0.3) is 0 Å². The summed E-state index contributed by atoms with van der Waals surface area (Å²) >= 11 is 5.55. The van der Waals surface area contributed by atoms with E-state index in [-0.39, 0.29) is 0 Å². The smallest absolute Gasteiger partial charge is 0.119 e. The molecule has 0 aliphatic rings. The molecule has 0 spiro atoms. The Morgan fingerprint density at radius 3 is 2.72 bits per heavy atom. The van der Waals surface area contributed by atoms with Crippen LogP contribution in [0.4, 0.5) is 0 Å². The van der Waals surface area contributed by atoms with Gasteiger partial charge in [0.05, 0.1) is 12.5 Å². The van der Waals surface area contributed by atoms with Crippen LogP contribution in [0.5, 0.6) is 5.75 Å². The van der Waals surface area contributed by atoms with Gasteiger partial charge >= 0.3 is 0 Å². The minimum Gasteiger partial charge on any atom is -0.494 e. The molecule has 0 unspecified atom stereocenters. The topological polar surface area (TPSA) is 9.23 Å². The molecule has 0 saturated carbocycles. The van der Waals surface area contributed by atoms with E-state index in [0.29, 0.717) is 5.88 Å². The van der Waals surface area contributed by atoms with Crippen molar-refractivity contribution in [3.63, 3.8) is 0 Å². The molecular weight excluding hydrogens is 244 g/mol. The van der Waals surface area contributed by atoms with Crippen molar-refractivity contribution in [1.29, 1.82) is 0 Å². The average Bonchev–Trinajstić information content (AvgIpc) is 2.37. The first-order chi connectivity index (χ1) is 8.77. The van der Waals surface area contributed by atoms with Crippen molar-refractivity contribution in [3.05, 3.63) is 29.3 Å². The minimum atomic E-state index is 0.370. The lowest BCUT2D eigenvalue weighted by Crippen LogP contribution is -1.97. The molecule has 0 bridgehead atoms. The maximum Gasteiger partial charge on any atom is 0.119 e. The highest BCUT2D eigenvalue weighted by Crippen LogP contribution is 2.17. The summed E-state index contributed by atoms with van der Waals surface area (Å²) in [4.78, 5) is 0. The second-order valence-electron chi connectivity index (χ2n) is 4.32. The number of hydrogen-bond donors (Lipinski definition) is 0. The number of alkyl halides is 1. The van der Waals surface area contributed by atoms with Crippen LogP contribution in [-0.4, -0.2) is 12.5 Å². The van der Waals surface area contributed by atoms with E-state index in [2.05, 4.69) is 18.8 Å². The Morgan fingerprint density at radius 1 is 1.22 bits per heavy atom. The van der Waals surface area contributed by atoms with E-state index in [0.717, 1.165) is 29.9 Å². The Bertz CT molecular complexity index is 415. The Hall–Kier alpha value is -1.13. The van der Waals surface area contributed by atoms with Crippen LogP contribution in [0.1, 0.15) is 43.7 Å². The van der Waals surface area contributed by atoms with Crippen molar-refractivity contribution in [2.75, 3.05) is 12.5 Å². The van der Waals surface area contributed by atoms with Crippen LogP contribution >= 0.6 is 11.6 Å². The monoisotopic (exact) mass is 264 g/mol. The number of halogens is 1. The number of aryl methyl sites for hydroxylation is 1. The second kappa shape index (κ2) is 8.89. The summed E-state index contributed by atoms with van der Waals surface area (Å²) in [5, 5.41) is 0. The predicted octanol–water partition coefficient (Wildman–Crippen LogP) is 4.54. The number of rotatable bonds is 6. The fourth-order valence-electron chi connectivity index (χ4n) is 1.71. The van der Waals surface area contributed by atoms with Gasteiger partial charge in [-0.1, -0.05) is 38.0 Å². The molecule has 1 aromatic carbocycles. The zero-order chi connectivity index (χ0) is 13.2. The lowest BCUT2D eigenvalue weighted by Gasteiger charge is -2.07. The minimum absolute atomic E-state index is 0.370. The number of benzene rings is 1. The molecule has 0 heterocycles. The van der Waals surface area contributed by atoms with Crippen LogP contribution < -0.4 is 4.74 Å².